The van der Waals surface area contributed by atoms with Gasteiger partial charge in [-0.1, -0.05) is 147 Å². The van der Waals surface area contributed by atoms with E-state index >= 15 is 0 Å². The Labute approximate surface area is 288 Å². The van der Waals surface area contributed by atoms with E-state index in [0.29, 0.717) is 0 Å². The zero-order chi connectivity index (χ0) is 32.4. The normalized spacial score (nSPS) is 13.9. The number of rotatable bonds is 6. The molecule has 0 spiro atoms. The van der Waals surface area contributed by atoms with Gasteiger partial charge in [-0.2, -0.15) is 0 Å². The predicted octanol–water partition coefficient (Wildman–Crippen LogP) is 8.98. The van der Waals surface area contributed by atoms with Crippen LogP contribution in [0.15, 0.2) is 158 Å². The highest BCUT2D eigenvalue weighted by molar-refractivity contribution is 7.80. The molecular weight excluding hydrogens is 622 g/mol. The van der Waals surface area contributed by atoms with Crippen LogP contribution in [0.5, 0.6) is 11.5 Å². The second kappa shape index (κ2) is 16.3. The van der Waals surface area contributed by atoms with Gasteiger partial charge in [-0.25, -0.2) is 0 Å². The third-order valence-corrected chi connectivity index (χ3v) is 13.8. The smallest absolute Gasteiger partial charge is 0.119 e. The topological polar surface area (TPSA) is 18.5 Å². The highest BCUT2D eigenvalue weighted by Gasteiger charge is 2.26. The van der Waals surface area contributed by atoms with E-state index in [1.807, 2.05) is 0 Å². The van der Waals surface area contributed by atoms with Crippen molar-refractivity contribution in [2.45, 2.75) is 38.5 Å². The van der Waals surface area contributed by atoms with E-state index in [4.69, 9.17) is 9.47 Å². The van der Waals surface area contributed by atoms with Gasteiger partial charge in [-0.05, 0) is 108 Å². The van der Waals surface area contributed by atoms with Crippen LogP contribution in [0.1, 0.15) is 38.5 Å². The minimum absolute atomic E-state index is 0.738. The van der Waals surface area contributed by atoms with Crippen LogP contribution in [0.25, 0.3) is 11.1 Å². The van der Waals surface area contributed by atoms with Gasteiger partial charge in [0, 0.05) is 0 Å². The largest absolute Gasteiger partial charge is 0.494 e. The fraction of sp³-hybridized carbons (Fsp3) is 0.182. The molecular formula is C44H42O2P2. The molecule has 0 aromatic heterocycles. The lowest BCUT2D eigenvalue weighted by Crippen LogP contribution is -2.26. The summed E-state index contributed by atoms with van der Waals surface area (Å²) in [5, 5.41) is 7.98. The standard InChI is InChI=1S/C44H42O2P2/c1-2-4-18-32-46-36-28-30-44(48(39-23-13-7-14-24-39)40-25-15-8-16-26-40)42(34-36)41-33-35(45-31-17-3-1)27-29-43(41)47(37-19-9-5-10-20-37)38-21-11-6-12-22-38/h5-16,19-30,33-34H,1-4,17-18,31-32H2. The molecule has 0 saturated heterocycles. The van der Waals surface area contributed by atoms with Crippen molar-refractivity contribution in [2.75, 3.05) is 13.2 Å². The Hall–Kier alpha value is -4.22. The van der Waals surface area contributed by atoms with E-state index in [1.54, 1.807) is 0 Å². The molecule has 0 fully saturated rings. The molecule has 0 amide bonds. The summed E-state index contributed by atoms with van der Waals surface area (Å²) in [7, 11) is -1.72. The van der Waals surface area contributed by atoms with Gasteiger partial charge in [0.15, 0.2) is 0 Å². The van der Waals surface area contributed by atoms with E-state index in [2.05, 4.69) is 158 Å². The summed E-state index contributed by atoms with van der Waals surface area (Å²) in [6.07, 6.45) is 7.02. The van der Waals surface area contributed by atoms with Gasteiger partial charge in [0.2, 0.25) is 0 Å². The summed E-state index contributed by atoms with van der Waals surface area (Å²) >= 11 is 0. The van der Waals surface area contributed by atoms with Crippen LogP contribution in [0.3, 0.4) is 0 Å². The van der Waals surface area contributed by atoms with Crippen molar-refractivity contribution in [3.63, 3.8) is 0 Å². The van der Waals surface area contributed by atoms with Crippen LogP contribution in [0, 0.1) is 0 Å². The van der Waals surface area contributed by atoms with E-state index in [0.717, 1.165) is 37.6 Å². The number of ether oxygens (including phenoxy) is 2. The summed E-state index contributed by atoms with van der Waals surface area (Å²) in [4.78, 5) is 0. The number of fused-ring (bicyclic) bond motifs is 5. The van der Waals surface area contributed by atoms with Gasteiger partial charge in [0.25, 0.3) is 0 Å². The number of hydrogen-bond donors (Lipinski definition) is 0. The molecule has 1 aliphatic rings. The van der Waals surface area contributed by atoms with Crippen molar-refractivity contribution in [2.24, 2.45) is 0 Å². The number of benzene rings is 6. The zero-order valence-electron chi connectivity index (χ0n) is 27.4. The minimum Gasteiger partial charge on any atom is -0.494 e. The van der Waals surface area contributed by atoms with E-state index in [-0.39, 0.29) is 0 Å². The molecule has 0 aliphatic carbocycles. The van der Waals surface area contributed by atoms with Crippen LogP contribution in [-0.4, -0.2) is 13.2 Å². The molecule has 7 rings (SSSR count). The SMILES string of the molecule is c1ccc(P(c2ccccc2)c2ccc3cc2-c2cc(ccc2P(c2ccccc2)c2ccccc2)OCCCCCCCCO3)cc1. The third-order valence-electron chi connectivity index (χ3n) is 8.84. The monoisotopic (exact) mass is 664 g/mol. The Morgan fingerprint density at radius 3 is 0.979 bits per heavy atom. The van der Waals surface area contributed by atoms with Crippen LogP contribution < -0.4 is 41.3 Å². The highest BCUT2D eigenvalue weighted by Crippen LogP contribution is 2.43. The first kappa shape index (κ1) is 32.3. The Balaban J connectivity index is 1.48. The summed E-state index contributed by atoms with van der Waals surface area (Å²) in [5.41, 5.74) is 2.44. The molecule has 0 radical (unpaired) electrons. The van der Waals surface area contributed by atoms with Gasteiger partial charge in [0.05, 0.1) is 13.2 Å². The van der Waals surface area contributed by atoms with E-state index in [9.17, 15) is 0 Å². The highest BCUT2D eigenvalue weighted by atomic mass is 31.1. The molecule has 0 unspecified atom stereocenters. The fourth-order valence-electron chi connectivity index (χ4n) is 6.49. The zero-order valence-corrected chi connectivity index (χ0v) is 29.2. The molecule has 240 valence electrons. The van der Waals surface area contributed by atoms with Crippen molar-refractivity contribution in [1.29, 1.82) is 0 Å². The first-order valence-electron chi connectivity index (χ1n) is 17.2. The lowest BCUT2D eigenvalue weighted by molar-refractivity contribution is 0.297. The second-order valence-electron chi connectivity index (χ2n) is 12.2. The summed E-state index contributed by atoms with van der Waals surface area (Å²) in [6, 6.07) is 57.7. The first-order chi connectivity index (χ1) is 23.8. The van der Waals surface area contributed by atoms with Gasteiger partial charge < -0.3 is 9.47 Å². The Bertz CT molecular complexity index is 1660. The first-order valence-corrected chi connectivity index (χ1v) is 19.9. The lowest BCUT2D eigenvalue weighted by Gasteiger charge is -2.27. The summed E-state index contributed by atoms with van der Waals surface area (Å²) in [6.45, 7) is 1.48. The van der Waals surface area contributed by atoms with Crippen molar-refractivity contribution < 1.29 is 9.47 Å². The predicted molar refractivity (Wildman–Crippen MR) is 208 cm³/mol. The Morgan fingerprint density at radius 2 is 0.646 bits per heavy atom. The molecule has 1 heterocycles. The summed E-state index contributed by atoms with van der Waals surface area (Å²) in [5.74, 6) is 1.86. The Morgan fingerprint density at radius 1 is 0.333 bits per heavy atom. The second-order valence-corrected chi connectivity index (χ2v) is 16.6. The van der Waals surface area contributed by atoms with Gasteiger partial charge in [-0.15, -0.1) is 0 Å². The van der Waals surface area contributed by atoms with Gasteiger partial charge in [0.1, 0.15) is 11.5 Å². The van der Waals surface area contributed by atoms with Crippen molar-refractivity contribution in [3.8, 4) is 22.6 Å². The molecule has 4 bridgehead atoms. The Kier molecular flexibility index (Phi) is 10.9. The van der Waals surface area contributed by atoms with Gasteiger partial charge >= 0.3 is 0 Å². The van der Waals surface area contributed by atoms with E-state index < -0.39 is 15.8 Å². The van der Waals surface area contributed by atoms with Crippen LogP contribution in [-0.2, 0) is 0 Å². The molecule has 0 N–H and O–H groups in total. The van der Waals surface area contributed by atoms with E-state index in [1.165, 1.54) is 68.6 Å². The quantitative estimate of drug-likeness (QED) is 0.166. The van der Waals surface area contributed by atoms with Crippen molar-refractivity contribution in [1.82, 2.24) is 0 Å². The molecule has 0 atom stereocenters. The maximum absolute atomic E-state index is 6.52. The molecule has 2 nitrogen and oxygen atoms in total. The molecule has 6 aromatic carbocycles. The average molecular weight is 665 g/mol. The van der Waals surface area contributed by atoms with Crippen LogP contribution in [0.4, 0.5) is 0 Å². The third kappa shape index (κ3) is 7.73. The van der Waals surface area contributed by atoms with Crippen LogP contribution >= 0.6 is 15.8 Å². The molecule has 1 aliphatic heterocycles. The maximum Gasteiger partial charge on any atom is 0.119 e. The van der Waals surface area contributed by atoms with Gasteiger partial charge in [-0.3, -0.25) is 0 Å². The lowest BCUT2D eigenvalue weighted by atomic mass is 10.0. The molecule has 48 heavy (non-hydrogen) atoms. The summed E-state index contributed by atoms with van der Waals surface area (Å²) < 4.78 is 13.0. The number of hydrogen-bond acceptors (Lipinski definition) is 2. The van der Waals surface area contributed by atoms with Crippen molar-refractivity contribution >= 4 is 47.7 Å². The molecule has 4 heteroatoms. The molecule has 0 saturated carbocycles. The minimum atomic E-state index is -0.862. The van der Waals surface area contributed by atoms with Crippen molar-refractivity contribution in [3.05, 3.63) is 158 Å². The maximum atomic E-state index is 6.52. The fourth-order valence-corrected chi connectivity index (χ4v) is 11.4. The van der Waals surface area contributed by atoms with Crippen LogP contribution in [0.2, 0.25) is 0 Å². The average Bonchev–Trinajstić information content (AvgIpc) is 3.15. The molecule has 6 aromatic rings.